The molecule has 0 heterocycles. The number of hydrogen-bond acceptors (Lipinski definition) is 9. The van der Waals surface area contributed by atoms with Gasteiger partial charge in [0.05, 0.1) is 13.2 Å². The molecule has 156 valence electrons. The summed E-state index contributed by atoms with van der Waals surface area (Å²) in [6.07, 6.45) is -3.01. The Morgan fingerprint density at radius 1 is 0.852 bits per heavy atom. The van der Waals surface area contributed by atoms with Crippen molar-refractivity contribution in [2.24, 2.45) is 5.92 Å². The van der Waals surface area contributed by atoms with E-state index in [-0.39, 0.29) is 25.5 Å². The van der Waals surface area contributed by atoms with Crippen molar-refractivity contribution in [3.63, 3.8) is 0 Å². The highest BCUT2D eigenvalue weighted by Gasteiger charge is 2.40. The largest absolute Gasteiger partial charge is 0.465 e. The number of hydrogen-bond donors (Lipinski definition) is 1. The summed E-state index contributed by atoms with van der Waals surface area (Å²) in [5.74, 6) is -2.86. The third kappa shape index (κ3) is 9.90. The van der Waals surface area contributed by atoms with Gasteiger partial charge in [-0.2, -0.15) is 0 Å². The first-order valence-corrected chi connectivity index (χ1v) is 8.36. The minimum Gasteiger partial charge on any atom is -0.465 e. The molecule has 0 aliphatic heterocycles. The van der Waals surface area contributed by atoms with Gasteiger partial charge in [-0.05, 0) is 0 Å². The summed E-state index contributed by atoms with van der Waals surface area (Å²) in [7, 11) is 4.20. The van der Waals surface area contributed by atoms with Crippen molar-refractivity contribution in [3.8, 4) is 0 Å². The highest BCUT2D eigenvalue weighted by atomic mass is 16.6. The second-order valence-corrected chi connectivity index (χ2v) is 5.82. The predicted octanol–water partition coefficient (Wildman–Crippen LogP) is -0.173. The number of carbonyl (C=O) groups excluding carboxylic acids is 4. The van der Waals surface area contributed by atoms with E-state index < -0.39 is 42.1 Å². The van der Waals surface area contributed by atoms with Gasteiger partial charge in [0.1, 0.15) is 12.2 Å². The van der Waals surface area contributed by atoms with Crippen LogP contribution in [0.4, 0.5) is 0 Å². The Morgan fingerprint density at radius 3 is 1.85 bits per heavy atom. The first-order valence-electron chi connectivity index (χ1n) is 8.36. The van der Waals surface area contributed by atoms with Gasteiger partial charge in [0.25, 0.3) is 0 Å². The van der Waals surface area contributed by atoms with Crippen molar-refractivity contribution < 1.29 is 42.9 Å². The maximum absolute atomic E-state index is 11.9. The number of rotatable bonds is 12. The first kappa shape index (κ1) is 24.8. The van der Waals surface area contributed by atoms with Crippen LogP contribution in [0.2, 0.25) is 0 Å². The second kappa shape index (κ2) is 13.0. The van der Waals surface area contributed by atoms with E-state index in [4.69, 9.17) is 23.7 Å². The third-order valence-corrected chi connectivity index (χ3v) is 3.60. The summed E-state index contributed by atoms with van der Waals surface area (Å²) in [6.45, 7) is 3.41. The van der Waals surface area contributed by atoms with Crippen molar-refractivity contribution in [1.29, 1.82) is 0 Å². The van der Waals surface area contributed by atoms with Crippen LogP contribution in [0.15, 0.2) is 0 Å². The predicted molar refractivity (Wildman–Crippen MR) is 92.6 cm³/mol. The molecule has 0 unspecified atom stereocenters. The van der Waals surface area contributed by atoms with Crippen molar-refractivity contribution in [2.45, 2.75) is 45.5 Å². The van der Waals surface area contributed by atoms with Crippen LogP contribution in [0.25, 0.3) is 0 Å². The van der Waals surface area contributed by atoms with Gasteiger partial charge in [0, 0.05) is 54.4 Å². The van der Waals surface area contributed by atoms with Crippen molar-refractivity contribution in [3.05, 3.63) is 0 Å². The standard InChI is InChI=1S/C17H29NO9/c1-10(19)25-8-13(7-15(22)18-4)16(27-12(3)21)17(24-6)14(9-23-5)26-11(2)20/h13-14,16-17H,7-9H2,1-6H3,(H,18,22)/t13-,14-,16-,17-/m1/s1. The molecule has 0 radical (unpaired) electrons. The van der Waals surface area contributed by atoms with E-state index >= 15 is 0 Å². The van der Waals surface area contributed by atoms with Gasteiger partial charge in [-0.15, -0.1) is 0 Å². The smallest absolute Gasteiger partial charge is 0.303 e. The average Bonchev–Trinajstić information content (AvgIpc) is 2.57. The molecule has 0 aromatic rings. The van der Waals surface area contributed by atoms with Crippen LogP contribution in [0.1, 0.15) is 27.2 Å². The van der Waals surface area contributed by atoms with Gasteiger partial charge in [0.2, 0.25) is 5.91 Å². The summed E-state index contributed by atoms with van der Waals surface area (Å²) in [4.78, 5) is 46.2. The maximum Gasteiger partial charge on any atom is 0.303 e. The molecule has 0 aliphatic carbocycles. The van der Waals surface area contributed by atoms with E-state index in [9.17, 15) is 19.2 Å². The van der Waals surface area contributed by atoms with Crippen LogP contribution in [0.3, 0.4) is 0 Å². The lowest BCUT2D eigenvalue weighted by atomic mass is 9.91. The number of amides is 1. The van der Waals surface area contributed by atoms with Gasteiger partial charge in [-0.25, -0.2) is 0 Å². The number of nitrogens with one attached hydrogen (secondary N) is 1. The Bertz CT molecular complexity index is 509. The van der Waals surface area contributed by atoms with E-state index in [0.29, 0.717) is 0 Å². The molecule has 0 rings (SSSR count). The highest BCUT2D eigenvalue weighted by molar-refractivity contribution is 5.76. The Labute approximate surface area is 158 Å². The van der Waals surface area contributed by atoms with Gasteiger partial charge < -0.3 is 29.0 Å². The molecule has 10 nitrogen and oxygen atoms in total. The monoisotopic (exact) mass is 391 g/mol. The van der Waals surface area contributed by atoms with Crippen LogP contribution >= 0.6 is 0 Å². The number of esters is 3. The average molecular weight is 391 g/mol. The number of carbonyl (C=O) groups is 4. The van der Waals surface area contributed by atoms with E-state index in [1.54, 1.807) is 0 Å². The Kier molecular flexibility index (Phi) is 12.0. The molecule has 0 saturated heterocycles. The molecule has 0 spiro atoms. The molecule has 0 bridgehead atoms. The molecule has 0 aromatic heterocycles. The molecule has 0 aromatic carbocycles. The number of methoxy groups -OCH3 is 2. The molecule has 0 fully saturated rings. The normalized spacial score (nSPS) is 15.0. The summed E-state index contributed by atoms with van der Waals surface area (Å²) in [5, 5.41) is 2.46. The molecule has 10 heteroatoms. The minimum atomic E-state index is -1.04. The van der Waals surface area contributed by atoms with Gasteiger partial charge >= 0.3 is 17.9 Å². The van der Waals surface area contributed by atoms with Crippen LogP contribution in [0.5, 0.6) is 0 Å². The lowest BCUT2D eigenvalue weighted by Gasteiger charge is -2.35. The molecular weight excluding hydrogens is 362 g/mol. The molecule has 1 amide bonds. The lowest BCUT2D eigenvalue weighted by molar-refractivity contribution is -0.185. The van der Waals surface area contributed by atoms with Crippen molar-refractivity contribution >= 4 is 23.8 Å². The Morgan fingerprint density at radius 2 is 1.44 bits per heavy atom. The summed E-state index contributed by atoms with van der Waals surface area (Å²) < 4.78 is 26.1. The number of ether oxygens (including phenoxy) is 5. The quantitative estimate of drug-likeness (QED) is 0.356. The van der Waals surface area contributed by atoms with Crippen LogP contribution in [-0.2, 0) is 42.9 Å². The first-order chi connectivity index (χ1) is 12.7. The van der Waals surface area contributed by atoms with E-state index in [2.05, 4.69) is 5.32 Å². The van der Waals surface area contributed by atoms with E-state index in [0.717, 1.165) is 0 Å². The van der Waals surface area contributed by atoms with Gasteiger partial charge in [-0.3, -0.25) is 19.2 Å². The van der Waals surface area contributed by atoms with Crippen LogP contribution in [-0.4, -0.2) is 76.6 Å². The van der Waals surface area contributed by atoms with E-state index in [1.165, 1.54) is 42.0 Å². The van der Waals surface area contributed by atoms with Crippen LogP contribution in [0, 0.1) is 5.92 Å². The summed E-state index contributed by atoms with van der Waals surface area (Å²) >= 11 is 0. The van der Waals surface area contributed by atoms with Crippen molar-refractivity contribution in [2.75, 3.05) is 34.5 Å². The molecule has 0 saturated carbocycles. The zero-order valence-corrected chi connectivity index (χ0v) is 16.6. The fourth-order valence-electron chi connectivity index (χ4n) is 2.53. The topological polar surface area (TPSA) is 126 Å². The Balaban J connectivity index is 5.81. The van der Waals surface area contributed by atoms with Gasteiger partial charge in [0.15, 0.2) is 6.10 Å². The zero-order valence-electron chi connectivity index (χ0n) is 16.6. The van der Waals surface area contributed by atoms with E-state index in [1.807, 2.05) is 0 Å². The second-order valence-electron chi connectivity index (χ2n) is 5.82. The summed E-state index contributed by atoms with van der Waals surface area (Å²) in [6, 6.07) is 0. The highest BCUT2D eigenvalue weighted by Crippen LogP contribution is 2.23. The minimum absolute atomic E-state index is 0.0316. The molecule has 4 atom stereocenters. The fraction of sp³-hybridized carbons (Fsp3) is 0.765. The fourth-order valence-corrected chi connectivity index (χ4v) is 2.53. The SMILES string of the molecule is CNC(=O)C[C@H](COC(C)=O)[C@@H](OC(C)=O)[C@H](OC)[C@@H](COC)OC(C)=O. The lowest BCUT2D eigenvalue weighted by Crippen LogP contribution is -2.50. The van der Waals surface area contributed by atoms with Crippen molar-refractivity contribution in [1.82, 2.24) is 5.32 Å². The molecule has 1 N–H and O–H groups in total. The van der Waals surface area contributed by atoms with Crippen LogP contribution < -0.4 is 5.32 Å². The maximum atomic E-state index is 11.9. The third-order valence-electron chi connectivity index (χ3n) is 3.60. The zero-order chi connectivity index (χ0) is 21.0. The summed E-state index contributed by atoms with van der Waals surface area (Å²) in [5.41, 5.74) is 0. The molecular formula is C17H29NO9. The molecule has 27 heavy (non-hydrogen) atoms. The molecule has 0 aliphatic rings. The Hall–Kier alpha value is -2.20. The van der Waals surface area contributed by atoms with Gasteiger partial charge in [-0.1, -0.05) is 0 Å².